The third-order valence-electron chi connectivity index (χ3n) is 6.75. The molecule has 1 unspecified atom stereocenters. The summed E-state index contributed by atoms with van der Waals surface area (Å²) in [7, 11) is 0. The predicted octanol–water partition coefficient (Wildman–Crippen LogP) is 10.1. The maximum absolute atomic E-state index is 14.6. The van der Waals surface area contributed by atoms with Crippen molar-refractivity contribution in [2.24, 2.45) is 10.9 Å². The number of benzene rings is 2. The third kappa shape index (κ3) is 7.29. The first kappa shape index (κ1) is 27.8. The fourth-order valence-corrected chi connectivity index (χ4v) is 4.58. The summed E-state index contributed by atoms with van der Waals surface area (Å²) in [5.74, 6) is 1.14. The van der Waals surface area contributed by atoms with Crippen molar-refractivity contribution in [2.45, 2.75) is 98.8 Å². The first-order valence-electron chi connectivity index (χ1n) is 13.2. The minimum atomic E-state index is -0.203. The van der Waals surface area contributed by atoms with Crippen molar-refractivity contribution in [1.29, 1.82) is 0 Å². The molecule has 1 fully saturated rings. The third-order valence-corrected chi connectivity index (χ3v) is 6.75. The van der Waals surface area contributed by atoms with Crippen LogP contribution in [0.2, 0.25) is 0 Å². The molecule has 1 aliphatic carbocycles. The Labute approximate surface area is 207 Å². The second-order valence-electron chi connectivity index (χ2n) is 9.79. The molecule has 34 heavy (non-hydrogen) atoms. The Bertz CT molecular complexity index is 954. The van der Waals surface area contributed by atoms with Crippen LogP contribution >= 0.6 is 0 Å². The van der Waals surface area contributed by atoms with E-state index in [1.54, 1.807) is 12.3 Å². The number of halogens is 1. The Hall–Kier alpha value is -2.42. The van der Waals surface area contributed by atoms with Crippen LogP contribution in [-0.4, -0.2) is 6.21 Å². The molecule has 3 heteroatoms. The van der Waals surface area contributed by atoms with Crippen molar-refractivity contribution >= 4 is 17.6 Å². The van der Waals surface area contributed by atoms with Gasteiger partial charge in [-0.15, -0.1) is 0 Å². The molecular weight excluding hydrogens is 419 g/mol. The van der Waals surface area contributed by atoms with Gasteiger partial charge in [-0.3, -0.25) is 4.99 Å². The van der Waals surface area contributed by atoms with Gasteiger partial charge in [0.2, 0.25) is 0 Å². The molecule has 0 bridgehead atoms. The summed E-state index contributed by atoms with van der Waals surface area (Å²) < 4.78 is 14.6. The van der Waals surface area contributed by atoms with Gasteiger partial charge in [-0.1, -0.05) is 91.9 Å². The van der Waals surface area contributed by atoms with Gasteiger partial charge < -0.3 is 5.32 Å². The van der Waals surface area contributed by atoms with Crippen LogP contribution in [0.25, 0.3) is 11.1 Å². The standard InChI is InChI=1S/C21H23FN2.C7H14.C3H8/c1-5-13(3)20-17(12-18(22)14(4)21(20)23-6-2)16-8-7-15-9-10-24-19(15)11-16;1-7-5-3-2-4-6-7;1-3-2/h6-8,10-13,23H,2,5,9H2,1,3-4H3;7H,2-6H2,1H3;3H2,1-2H3. The summed E-state index contributed by atoms with van der Waals surface area (Å²) in [5, 5.41) is 3.16. The van der Waals surface area contributed by atoms with Gasteiger partial charge in [0.15, 0.2) is 0 Å². The molecule has 1 aliphatic heterocycles. The number of nitrogens with zero attached hydrogens (tertiary/aromatic N) is 1. The van der Waals surface area contributed by atoms with E-state index in [2.05, 4.69) is 69.7 Å². The lowest BCUT2D eigenvalue weighted by Gasteiger charge is -2.22. The average Bonchev–Trinajstić information content (AvgIpc) is 3.31. The number of hydrogen-bond donors (Lipinski definition) is 1. The quantitative estimate of drug-likeness (QED) is 0.467. The minimum absolute atomic E-state index is 0.203. The number of nitrogens with one attached hydrogen (secondary N) is 1. The number of hydrogen-bond acceptors (Lipinski definition) is 2. The first-order chi connectivity index (χ1) is 16.4. The van der Waals surface area contributed by atoms with Crippen molar-refractivity contribution in [3.8, 4) is 11.1 Å². The number of aliphatic imine (C=N–C) groups is 1. The van der Waals surface area contributed by atoms with Gasteiger partial charge in [-0.25, -0.2) is 4.39 Å². The SMILES string of the molecule is C=CNc1c(C)c(F)cc(-c2ccc3c(c2)N=CC3)c1C(C)CC.CC1CCCCC1.CCC. The molecule has 0 amide bonds. The molecule has 1 atom stereocenters. The molecular formula is C31H45FN2. The highest BCUT2D eigenvalue weighted by atomic mass is 19.1. The number of fused-ring (bicyclic) bond motifs is 1. The molecule has 186 valence electrons. The molecule has 2 aromatic rings. The van der Waals surface area contributed by atoms with E-state index in [9.17, 15) is 4.39 Å². The molecule has 0 saturated heterocycles. The first-order valence-corrected chi connectivity index (χ1v) is 13.2. The Balaban J connectivity index is 0.000000341. The molecule has 0 aromatic heterocycles. The summed E-state index contributed by atoms with van der Waals surface area (Å²) >= 11 is 0. The highest BCUT2D eigenvalue weighted by Gasteiger charge is 2.21. The molecule has 2 aliphatic rings. The topological polar surface area (TPSA) is 24.4 Å². The van der Waals surface area contributed by atoms with E-state index in [0.717, 1.165) is 46.8 Å². The van der Waals surface area contributed by atoms with E-state index in [1.807, 2.05) is 13.1 Å². The van der Waals surface area contributed by atoms with E-state index >= 15 is 0 Å². The van der Waals surface area contributed by atoms with Crippen LogP contribution in [0.4, 0.5) is 15.8 Å². The summed E-state index contributed by atoms with van der Waals surface area (Å²) in [6.45, 7) is 16.5. The zero-order chi connectivity index (χ0) is 25.1. The molecule has 2 aromatic carbocycles. The molecule has 4 rings (SSSR count). The highest BCUT2D eigenvalue weighted by Crippen LogP contribution is 2.41. The lowest BCUT2D eigenvalue weighted by atomic mass is 9.86. The van der Waals surface area contributed by atoms with Crippen molar-refractivity contribution in [2.75, 3.05) is 5.32 Å². The number of anilines is 1. The summed E-state index contributed by atoms with van der Waals surface area (Å²) in [5.41, 5.74) is 6.75. The van der Waals surface area contributed by atoms with E-state index < -0.39 is 0 Å². The van der Waals surface area contributed by atoms with Crippen LogP contribution < -0.4 is 5.32 Å². The van der Waals surface area contributed by atoms with Crippen molar-refractivity contribution in [1.82, 2.24) is 0 Å². The normalized spacial score (nSPS) is 15.4. The molecule has 0 radical (unpaired) electrons. The van der Waals surface area contributed by atoms with Crippen LogP contribution in [-0.2, 0) is 6.42 Å². The molecule has 2 nitrogen and oxygen atoms in total. The van der Waals surface area contributed by atoms with Crippen LogP contribution in [0, 0.1) is 18.7 Å². The minimum Gasteiger partial charge on any atom is -0.362 e. The van der Waals surface area contributed by atoms with E-state index in [0.29, 0.717) is 11.5 Å². The fourth-order valence-electron chi connectivity index (χ4n) is 4.58. The van der Waals surface area contributed by atoms with Crippen LogP contribution in [0.3, 0.4) is 0 Å². The van der Waals surface area contributed by atoms with Crippen molar-refractivity contribution in [3.05, 3.63) is 59.6 Å². The van der Waals surface area contributed by atoms with Crippen molar-refractivity contribution < 1.29 is 4.39 Å². The highest BCUT2D eigenvalue weighted by molar-refractivity contribution is 5.83. The maximum Gasteiger partial charge on any atom is 0.128 e. The summed E-state index contributed by atoms with van der Waals surface area (Å²) in [6.07, 6.45) is 14.1. The molecule has 1 saturated carbocycles. The molecule has 0 spiro atoms. The van der Waals surface area contributed by atoms with Crippen LogP contribution in [0.15, 0.2) is 42.0 Å². The Morgan fingerprint density at radius 3 is 2.38 bits per heavy atom. The second-order valence-corrected chi connectivity index (χ2v) is 9.79. The summed E-state index contributed by atoms with van der Waals surface area (Å²) in [4.78, 5) is 4.43. The Morgan fingerprint density at radius 2 is 1.82 bits per heavy atom. The van der Waals surface area contributed by atoms with Gasteiger partial charge in [0, 0.05) is 23.9 Å². The fraction of sp³-hybridized carbons (Fsp3) is 0.516. The Morgan fingerprint density at radius 1 is 1.15 bits per heavy atom. The van der Waals surface area contributed by atoms with Crippen molar-refractivity contribution in [3.63, 3.8) is 0 Å². The average molecular weight is 465 g/mol. The van der Waals surface area contributed by atoms with Gasteiger partial charge in [0.1, 0.15) is 5.82 Å². The predicted molar refractivity (Wildman–Crippen MR) is 149 cm³/mol. The number of rotatable bonds is 5. The van der Waals surface area contributed by atoms with E-state index in [-0.39, 0.29) is 5.82 Å². The van der Waals surface area contributed by atoms with Gasteiger partial charge in [0.25, 0.3) is 0 Å². The zero-order valence-electron chi connectivity index (χ0n) is 22.3. The van der Waals surface area contributed by atoms with Crippen LogP contribution in [0.1, 0.15) is 102 Å². The van der Waals surface area contributed by atoms with Gasteiger partial charge >= 0.3 is 0 Å². The summed E-state index contributed by atoms with van der Waals surface area (Å²) in [6, 6.07) is 7.88. The monoisotopic (exact) mass is 464 g/mol. The second kappa shape index (κ2) is 14.1. The van der Waals surface area contributed by atoms with E-state index in [1.165, 1.54) is 44.1 Å². The van der Waals surface area contributed by atoms with E-state index in [4.69, 9.17) is 0 Å². The lowest BCUT2D eigenvalue weighted by Crippen LogP contribution is -2.05. The largest absolute Gasteiger partial charge is 0.362 e. The lowest BCUT2D eigenvalue weighted by molar-refractivity contribution is 0.385. The van der Waals surface area contributed by atoms with Gasteiger partial charge in [-0.05, 0) is 65.8 Å². The molecule has 1 heterocycles. The molecule has 1 N–H and O–H groups in total. The zero-order valence-corrected chi connectivity index (χ0v) is 22.3. The smallest absolute Gasteiger partial charge is 0.128 e. The maximum atomic E-state index is 14.6. The van der Waals surface area contributed by atoms with Gasteiger partial charge in [0.05, 0.1) is 5.69 Å². The van der Waals surface area contributed by atoms with Gasteiger partial charge in [-0.2, -0.15) is 0 Å². The Kier molecular flexibility index (Phi) is 11.5. The van der Waals surface area contributed by atoms with Crippen LogP contribution in [0.5, 0.6) is 0 Å².